The van der Waals surface area contributed by atoms with Gasteiger partial charge in [-0.3, -0.25) is 0 Å². The maximum absolute atomic E-state index is 11.6. The van der Waals surface area contributed by atoms with Crippen LogP contribution in [-0.4, -0.2) is 30.0 Å². The van der Waals surface area contributed by atoms with Crippen LogP contribution in [0, 0.1) is 0 Å². The number of halogens is 5. The van der Waals surface area contributed by atoms with E-state index in [9.17, 15) is 30.4 Å². The number of nitrogens with two attached hydrogens (primary N) is 1. The molecule has 0 amide bonds. The molecule has 72 valence electrons. The summed E-state index contributed by atoms with van der Waals surface area (Å²) in [6.07, 6.45) is -6.17. The fourth-order valence-electron chi connectivity index (χ4n) is 0.161. The van der Waals surface area contributed by atoms with E-state index in [4.69, 9.17) is 0 Å². The van der Waals surface area contributed by atoms with Crippen LogP contribution in [0.1, 0.15) is 0 Å². The van der Waals surface area contributed by atoms with Crippen molar-refractivity contribution in [1.82, 2.24) is 0 Å². The van der Waals surface area contributed by atoms with Crippen LogP contribution in [0.15, 0.2) is 0 Å². The summed E-state index contributed by atoms with van der Waals surface area (Å²) in [5.74, 6) is 0. The predicted octanol–water partition coefficient (Wildman–Crippen LogP) is -0.486. The SMILES string of the molecule is NS(=O)(=O)C(F)(F)C(F)(F)F.[BeH2]. The first-order chi connectivity index (χ1) is 4.50. The van der Waals surface area contributed by atoms with Gasteiger partial charge >= 0.3 is 21.6 Å². The van der Waals surface area contributed by atoms with Crippen molar-refractivity contribution in [3.8, 4) is 0 Å². The Kier molecular flexibility index (Phi) is 3.84. The van der Waals surface area contributed by atoms with Gasteiger partial charge in [-0.2, -0.15) is 22.0 Å². The molecule has 10 heteroatoms. The van der Waals surface area contributed by atoms with E-state index in [1.54, 1.807) is 0 Å². The van der Waals surface area contributed by atoms with Crippen molar-refractivity contribution < 1.29 is 30.4 Å². The second-order valence-corrected chi connectivity index (χ2v) is 3.16. The molecule has 0 fully saturated rings. The first kappa shape index (κ1) is 14.3. The second-order valence-electron chi connectivity index (χ2n) is 1.56. The van der Waals surface area contributed by atoms with Gasteiger partial charge in [-0.1, -0.05) is 0 Å². The molecular weight excluding hydrogens is 206 g/mol. The monoisotopic (exact) mass is 210 g/mol. The topological polar surface area (TPSA) is 60.2 Å². The van der Waals surface area contributed by atoms with Crippen LogP contribution in [0.5, 0.6) is 0 Å². The average molecular weight is 210 g/mol. The zero-order chi connectivity index (χ0) is 9.50. The van der Waals surface area contributed by atoms with Gasteiger partial charge in [0.15, 0.2) is 0 Å². The van der Waals surface area contributed by atoms with E-state index in [-0.39, 0.29) is 10.1 Å². The van der Waals surface area contributed by atoms with Gasteiger partial charge < -0.3 is 0 Å². The van der Waals surface area contributed by atoms with E-state index in [1.165, 1.54) is 0 Å². The Bertz CT molecular complexity index is 245. The molecule has 0 rings (SSSR count). The Morgan fingerprint density at radius 3 is 1.25 bits per heavy atom. The van der Waals surface area contributed by atoms with Crippen LogP contribution in [0.3, 0.4) is 0 Å². The summed E-state index contributed by atoms with van der Waals surface area (Å²) in [6.45, 7) is 0. The van der Waals surface area contributed by atoms with E-state index >= 15 is 0 Å². The standard InChI is InChI=1S/C2H2F5NO2S.Be.2H/c3-1(4,5)2(6,7)11(8,9)10;;;/h(H2,8,9,10);;;. The number of rotatable bonds is 1. The van der Waals surface area contributed by atoms with Crippen LogP contribution >= 0.6 is 0 Å². The van der Waals surface area contributed by atoms with E-state index < -0.39 is 21.5 Å². The van der Waals surface area contributed by atoms with Crippen LogP contribution < -0.4 is 5.14 Å². The van der Waals surface area contributed by atoms with E-state index in [1.807, 2.05) is 0 Å². The van der Waals surface area contributed by atoms with Gasteiger partial charge in [-0.15, -0.1) is 0 Å². The van der Waals surface area contributed by atoms with Gasteiger partial charge in [0, 0.05) is 0 Å². The minimum absolute atomic E-state index is 0. The maximum atomic E-state index is 11.6. The zero-order valence-electron chi connectivity index (χ0n) is 4.69. The fraction of sp³-hybridized carbons (Fsp3) is 1.00. The third-order valence-electron chi connectivity index (χ3n) is 0.687. The Hall–Kier alpha value is -0.271. The summed E-state index contributed by atoms with van der Waals surface area (Å²) in [7, 11) is -5.92. The first-order valence-electron chi connectivity index (χ1n) is 1.97. The summed E-state index contributed by atoms with van der Waals surface area (Å²) in [5.41, 5.74) is 0. The minimum atomic E-state index is -6.17. The molecule has 3 nitrogen and oxygen atoms in total. The molecule has 0 aromatic rings. The van der Waals surface area contributed by atoms with Crippen molar-refractivity contribution in [2.45, 2.75) is 11.4 Å². The molecule has 0 heterocycles. The number of hydrogen-bond acceptors (Lipinski definition) is 2. The third kappa shape index (κ3) is 2.36. The van der Waals surface area contributed by atoms with Gasteiger partial charge in [0.05, 0.1) is 0 Å². The second kappa shape index (κ2) is 3.23. The number of sulfonamides is 1. The summed E-state index contributed by atoms with van der Waals surface area (Å²) in [5, 5.41) is -2.27. The third-order valence-corrected chi connectivity index (χ3v) is 1.63. The van der Waals surface area contributed by atoms with Crippen LogP contribution in [0.4, 0.5) is 22.0 Å². The molecule has 0 saturated carbocycles. The van der Waals surface area contributed by atoms with Crippen molar-refractivity contribution in [2.75, 3.05) is 0 Å². The molecule has 0 aliphatic carbocycles. The molecule has 0 aromatic carbocycles. The summed E-state index contributed by atoms with van der Waals surface area (Å²) in [4.78, 5) is 0. The first-order valence-corrected chi connectivity index (χ1v) is 3.51. The summed E-state index contributed by atoms with van der Waals surface area (Å²) in [6, 6.07) is 0. The van der Waals surface area contributed by atoms with Gasteiger partial charge in [-0.05, 0) is 0 Å². The molecule has 2 N–H and O–H groups in total. The quantitative estimate of drug-likeness (QED) is 0.469. The fourth-order valence-corrected chi connectivity index (χ4v) is 0.484. The number of primary sulfonamides is 1. The average Bonchev–Trinajstić information content (AvgIpc) is 1.58. The van der Waals surface area contributed by atoms with Crippen molar-refractivity contribution >= 4 is 20.1 Å². The Morgan fingerprint density at radius 1 is 1.00 bits per heavy atom. The van der Waals surface area contributed by atoms with Crippen LogP contribution in [0.25, 0.3) is 0 Å². The number of hydrogen-bond donors (Lipinski definition) is 1. The van der Waals surface area contributed by atoms with Crippen molar-refractivity contribution in [2.24, 2.45) is 5.14 Å². The van der Waals surface area contributed by atoms with E-state index in [0.717, 1.165) is 0 Å². The molecule has 0 aliphatic heterocycles. The normalized spacial score (nSPS) is 13.8. The van der Waals surface area contributed by atoms with Gasteiger partial charge in [0.2, 0.25) is 0 Å². The van der Waals surface area contributed by atoms with Crippen molar-refractivity contribution in [3.63, 3.8) is 0 Å². The Morgan fingerprint density at radius 2 is 1.25 bits per heavy atom. The molecule has 0 spiro atoms. The van der Waals surface area contributed by atoms with Gasteiger partial charge in [0.1, 0.15) is 0 Å². The molecule has 0 radical (unpaired) electrons. The van der Waals surface area contributed by atoms with Crippen LogP contribution in [-0.2, 0) is 10.0 Å². The van der Waals surface area contributed by atoms with Gasteiger partial charge in [-0.25, -0.2) is 13.6 Å². The Labute approximate surface area is 68.0 Å². The summed E-state index contributed by atoms with van der Waals surface area (Å²) < 4.78 is 75.8. The molecule has 12 heavy (non-hydrogen) atoms. The van der Waals surface area contributed by atoms with E-state index in [0.29, 0.717) is 0 Å². The van der Waals surface area contributed by atoms with Crippen LogP contribution in [0.2, 0.25) is 0 Å². The zero-order valence-corrected chi connectivity index (χ0v) is 5.51. The predicted molar refractivity (Wildman–Crippen MR) is 32.7 cm³/mol. The van der Waals surface area contributed by atoms with Crippen molar-refractivity contribution in [1.29, 1.82) is 0 Å². The Balaban J connectivity index is 0. The molecule has 0 saturated heterocycles. The molecule has 0 unspecified atom stereocenters. The molecule has 0 atom stereocenters. The van der Waals surface area contributed by atoms with E-state index in [2.05, 4.69) is 5.14 Å². The molecule has 0 aliphatic rings. The van der Waals surface area contributed by atoms with Gasteiger partial charge in [0.25, 0.3) is 10.0 Å². The molecule has 0 bridgehead atoms. The number of alkyl halides is 5. The molecular formula is C2H4BeF5NO2S. The molecule has 0 aromatic heterocycles. The van der Waals surface area contributed by atoms with Crippen molar-refractivity contribution in [3.05, 3.63) is 0 Å². The summed E-state index contributed by atoms with van der Waals surface area (Å²) >= 11 is 0.